The molecule has 214 valence electrons. The van der Waals surface area contributed by atoms with Crippen LogP contribution in [0.2, 0.25) is 51.4 Å². The number of hydrogen-bond donors (Lipinski definition) is 2. The average Bonchev–Trinajstić information content (AvgIpc) is 2.74. The number of aliphatic hydroxyl groups is 2. The summed E-state index contributed by atoms with van der Waals surface area (Å²) in [6.07, 6.45) is 2.14. The fourth-order valence-electron chi connectivity index (χ4n) is 3.29. The Morgan fingerprint density at radius 1 is 0.833 bits per heavy atom. The first kappa shape index (κ1) is 35.8. The van der Waals surface area contributed by atoms with Crippen LogP contribution in [0.25, 0.3) is 0 Å². The highest BCUT2D eigenvalue weighted by atomic mass is 28.4. The molecule has 0 saturated heterocycles. The zero-order chi connectivity index (χ0) is 27.6. The van der Waals surface area contributed by atoms with E-state index in [1.807, 2.05) is 0 Å². The molecular formula is C24H55NO7Si4. The van der Waals surface area contributed by atoms with Crippen molar-refractivity contribution in [1.82, 2.24) is 4.90 Å². The van der Waals surface area contributed by atoms with E-state index in [-0.39, 0.29) is 51.2 Å². The molecule has 12 heteroatoms. The molecule has 0 aromatic carbocycles. The molecule has 36 heavy (non-hydrogen) atoms. The summed E-state index contributed by atoms with van der Waals surface area (Å²) >= 11 is 0. The molecular weight excluding hydrogens is 527 g/mol. The molecule has 0 bridgehead atoms. The van der Waals surface area contributed by atoms with Crippen molar-refractivity contribution in [2.45, 2.75) is 83.3 Å². The second kappa shape index (κ2) is 19.8. The third-order valence-corrected chi connectivity index (χ3v) is 11.0. The molecule has 2 atom stereocenters. The van der Waals surface area contributed by atoms with Crippen molar-refractivity contribution in [3.8, 4) is 0 Å². The van der Waals surface area contributed by atoms with Crippen LogP contribution >= 0.6 is 0 Å². The standard InChI is InChI=1S/C24H55NO7Si4/c1-21(2)24(28)25(15-22(26)17-29-11-9-13-33-19-31-35(3,4)5)16-23(27)18-30-12-10-14-34-20-32-36(6,7)8/h22-23,26-27H,1,9-20,33-34H2,2-8H3/t22-,23-/m0/s1. The predicted octanol–water partition coefficient (Wildman–Crippen LogP) is 1.72. The second-order valence-corrected chi connectivity index (χ2v) is 24.2. The van der Waals surface area contributed by atoms with E-state index >= 15 is 0 Å². The quantitative estimate of drug-likeness (QED) is 0.108. The molecule has 0 saturated carbocycles. The molecule has 2 N–H and O–H groups in total. The fraction of sp³-hybridized carbons (Fsp3) is 0.875. The maximum absolute atomic E-state index is 12.5. The lowest BCUT2D eigenvalue weighted by atomic mass is 10.2. The summed E-state index contributed by atoms with van der Waals surface area (Å²) in [5.41, 5.74) is 0.368. The number of rotatable bonds is 23. The maximum Gasteiger partial charge on any atom is 0.249 e. The van der Waals surface area contributed by atoms with Crippen LogP contribution in [-0.4, -0.2) is 121 Å². The Morgan fingerprint density at radius 2 is 1.22 bits per heavy atom. The molecule has 0 spiro atoms. The lowest BCUT2D eigenvalue weighted by molar-refractivity contribution is -0.131. The van der Waals surface area contributed by atoms with Gasteiger partial charge in [-0.1, -0.05) is 18.7 Å². The molecule has 0 aliphatic carbocycles. The molecule has 0 unspecified atom stereocenters. The van der Waals surface area contributed by atoms with Gasteiger partial charge in [0.15, 0.2) is 16.6 Å². The Labute approximate surface area is 227 Å². The van der Waals surface area contributed by atoms with E-state index < -0.39 is 28.8 Å². The predicted molar refractivity (Wildman–Crippen MR) is 160 cm³/mol. The average molecular weight is 582 g/mol. The van der Waals surface area contributed by atoms with Crippen molar-refractivity contribution in [2.75, 3.05) is 52.0 Å². The number of amides is 1. The molecule has 1 amide bonds. The summed E-state index contributed by atoms with van der Waals surface area (Å²) in [5.74, 6) is -0.283. The SMILES string of the molecule is C=C(C)C(=O)N(C[C@H](O)COCCC[SiH2]CO[Si](C)(C)C)C[C@H](O)COCCC[SiH2]CO[Si](C)(C)C. The maximum atomic E-state index is 12.5. The van der Waals surface area contributed by atoms with E-state index in [2.05, 4.69) is 45.9 Å². The molecule has 0 aromatic rings. The summed E-state index contributed by atoms with van der Waals surface area (Å²) < 4.78 is 23.0. The second-order valence-electron chi connectivity index (χ2n) is 11.5. The molecule has 0 rings (SSSR count). The van der Waals surface area contributed by atoms with E-state index in [9.17, 15) is 15.0 Å². The Kier molecular flexibility index (Phi) is 19.8. The van der Waals surface area contributed by atoms with Crippen LogP contribution in [0.3, 0.4) is 0 Å². The third-order valence-electron chi connectivity index (χ3n) is 5.07. The van der Waals surface area contributed by atoms with Crippen molar-refractivity contribution in [3.63, 3.8) is 0 Å². The van der Waals surface area contributed by atoms with Gasteiger partial charge in [-0.15, -0.1) is 0 Å². The van der Waals surface area contributed by atoms with Crippen LogP contribution < -0.4 is 0 Å². The lowest BCUT2D eigenvalue weighted by Gasteiger charge is -2.27. The van der Waals surface area contributed by atoms with Crippen molar-refractivity contribution in [1.29, 1.82) is 0 Å². The third kappa shape index (κ3) is 23.0. The van der Waals surface area contributed by atoms with E-state index in [0.717, 1.165) is 37.4 Å². The monoisotopic (exact) mass is 581 g/mol. The van der Waals surface area contributed by atoms with Crippen molar-refractivity contribution in [3.05, 3.63) is 12.2 Å². The smallest absolute Gasteiger partial charge is 0.249 e. The van der Waals surface area contributed by atoms with Crippen molar-refractivity contribution >= 4 is 41.6 Å². The Balaban J connectivity index is 4.14. The van der Waals surface area contributed by atoms with Gasteiger partial charge in [0.1, 0.15) is 0 Å². The van der Waals surface area contributed by atoms with Gasteiger partial charge in [0.05, 0.1) is 25.4 Å². The first-order valence-electron chi connectivity index (χ1n) is 13.5. The molecule has 0 aromatic heterocycles. The van der Waals surface area contributed by atoms with Gasteiger partial charge in [0.2, 0.25) is 5.91 Å². The molecule has 0 fully saturated rings. The summed E-state index contributed by atoms with van der Waals surface area (Å²) in [5, 5.41) is 20.8. The molecule has 0 radical (unpaired) electrons. The topological polar surface area (TPSA) is 97.7 Å². The summed E-state index contributed by atoms with van der Waals surface area (Å²) in [6.45, 7) is 20.2. The number of hydrogen-bond acceptors (Lipinski definition) is 7. The minimum Gasteiger partial charge on any atom is -0.421 e. The number of nitrogens with zero attached hydrogens (tertiary/aromatic N) is 1. The minimum atomic E-state index is -1.41. The van der Waals surface area contributed by atoms with Crippen LogP contribution in [0.15, 0.2) is 12.2 Å². The molecule has 8 nitrogen and oxygen atoms in total. The van der Waals surface area contributed by atoms with Gasteiger partial charge in [-0.05, 0) is 59.0 Å². The molecule has 0 aliphatic rings. The molecule has 0 aliphatic heterocycles. The highest BCUT2D eigenvalue weighted by molar-refractivity contribution is 6.70. The number of carbonyl (C=O) groups excluding carboxylic acids is 1. The number of carbonyl (C=O) groups is 1. The van der Waals surface area contributed by atoms with E-state index in [4.69, 9.17) is 18.3 Å². The van der Waals surface area contributed by atoms with Gasteiger partial charge < -0.3 is 33.4 Å². The van der Waals surface area contributed by atoms with Gasteiger partial charge in [-0.25, -0.2) is 0 Å². The largest absolute Gasteiger partial charge is 0.421 e. The Bertz CT molecular complexity index is 562. The van der Waals surface area contributed by atoms with Crippen LogP contribution in [0, 0.1) is 0 Å². The Hall–Kier alpha value is -0.162. The Morgan fingerprint density at radius 3 is 1.56 bits per heavy atom. The van der Waals surface area contributed by atoms with Crippen LogP contribution in [0.5, 0.6) is 0 Å². The first-order valence-corrected chi connectivity index (χ1v) is 24.3. The van der Waals surface area contributed by atoms with Gasteiger partial charge in [0.25, 0.3) is 0 Å². The summed E-state index contributed by atoms with van der Waals surface area (Å²) in [4.78, 5) is 14.0. The zero-order valence-corrected chi connectivity index (χ0v) is 29.0. The minimum absolute atomic E-state index is 0.0875. The zero-order valence-electron chi connectivity index (χ0n) is 24.1. The van der Waals surface area contributed by atoms with Gasteiger partial charge in [0, 0.05) is 63.4 Å². The molecule has 0 heterocycles. The highest BCUT2D eigenvalue weighted by Crippen LogP contribution is 2.06. The van der Waals surface area contributed by atoms with E-state index in [0.29, 0.717) is 18.8 Å². The number of aliphatic hydroxyl groups excluding tert-OH is 2. The van der Waals surface area contributed by atoms with Gasteiger partial charge in [-0.2, -0.15) is 0 Å². The van der Waals surface area contributed by atoms with Crippen molar-refractivity contribution < 1.29 is 33.3 Å². The summed E-state index contributed by atoms with van der Waals surface area (Å²) in [7, 11) is -3.26. The number of ether oxygens (including phenoxy) is 2. The van der Waals surface area contributed by atoms with Gasteiger partial charge in [-0.3, -0.25) is 4.79 Å². The first-order chi connectivity index (χ1) is 16.7. The van der Waals surface area contributed by atoms with Crippen molar-refractivity contribution in [2.24, 2.45) is 0 Å². The van der Waals surface area contributed by atoms with Gasteiger partial charge >= 0.3 is 0 Å². The van der Waals surface area contributed by atoms with E-state index in [1.165, 1.54) is 4.90 Å². The van der Waals surface area contributed by atoms with Crippen LogP contribution in [-0.2, 0) is 23.1 Å². The lowest BCUT2D eigenvalue weighted by Crippen LogP contribution is -2.44. The fourth-order valence-corrected chi connectivity index (χ4v) is 10.9. The summed E-state index contributed by atoms with van der Waals surface area (Å²) in [6, 6.07) is 2.31. The van der Waals surface area contributed by atoms with E-state index in [1.54, 1.807) is 6.92 Å². The van der Waals surface area contributed by atoms with Crippen LogP contribution in [0.4, 0.5) is 0 Å². The normalized spacial score (nSPS) is 14.7. The highest BCUT2D eigenvalue weighted by Gasteiger charge is 2.21. The van der Waals surface area contributed by atoms with Crippen LogP contribution in [0.1, 0.15) is 19.8 Å².